The highest BCUT2D eigenvalue weighted by molar-refractivity contribution is 5.98. The minimum absolute atomic E-state index is 0. The van der Waals surface area contributed by atoms with Crippen molar-refractivity contribution in [1.82, 2.24) is 4.98 Å². The molecule has 5 heteroatoms. The Morgan fingerprint density at radius 1 is 1.00 bits per heavy atom. The molecular weight excluding hydrogens is 372 g/mol. The first-order valence-corrected chi connectivity index (χ1v) is 9.59. The zero-order valence-corrected chi connectivity index (χ0v) is 17.4. The fourth-order valence-corrected chi connectivity index (χ4v) is 3.36. The Bertz CT molecular complexity index is 885. The molecule has 3 rings (SSSR count). The molecule has 28 heavy (non-hydrogen) atoms. The quantitative estimate of drug-likeness (QED) is 0.367. The smallest absolute Gasteiger partial charge is 0.170 e. The molecule has 3 aromatic rings. The largest absolute Gasteiger partial charge is 0.493 e. The third-order valence-electron chi connectivity index (χ3n) is 4.84. The molecule has 0 bridgehead atoms. The van der Waals surface area contributed by atoms with Crippen LogP contribution in [0.5, 0.6) is 11.5 Å². The van der Waals surface area contributed by atoms with Crippen molar-refractivity contribution in [1.29, 1.82) is 0 Å². The molecule has 1 heterocycles. The van der Waals surface area contributed by atoms with Gasteiger partial charge < -0.3 is 15.2 Å². The van der Waals surface area contributed by atoms with E-state index in [1.165, 1.54) is 18.4 Å². The molecule has 2 aromatic carbocycles. The number of nitrogen functional groups attached to an aromatic ring is 1. The Morgan fingerprint density at radius 2 is 1.75 bits per heavy atom. The van der Waals surface area contributed by atoms with Crippen LogP contribution in [0.2, 0.25) is 0 Å². The third kappa shape index (κ3) is 5.29. The van der Waals surface area contributed by atoms with Crippen LogP contribution in [0.15, 0.2) is 48.7 Å². The number of halogens is 1. The van der Waals surface area contributed by atoms with Gasteiger partial charge in [0.15, 0.2) is 11.5 Å². The Hall–Kier alpha value is -2.46. The van der Waals surface area contributed by atoms with E-state index >= 15 is 0 Å². The van der Waals surface area contributed by atoms with Crippen LogP contribution in [-0.2, 0) is 6.42 Å². The van der Waals surface area contributed by atoms with Gasteiger partial charge in [-0.3, -0.25) is 4.98 Å². The summed E-state index contributed by atoms with van der Waals surface area (Å²) in [5, 5.41) is 0.943. The van der Waals surface area contributed by atoms with Gasteiger partial charge in [-0.15, -0.1) is 12.4 Å². The number of nitrogens with two attached hydrogens (primary N) is 1. The van der Waals surface area contributed by atoms with Gasteiger partial charge in [0.05, 0.1) is 30.3 Å². The fourth-order valence-electron chi connectivity index (χ4n) is 3.36. The van der Waals surface area contributed by atoms with Crippen LogP contribution in [0.1, 0.15) is 36.8 Å². The van der Waals surface area contributed by atoms with E-state index in [1.807, 2.05) is 13.0 Å². The van der Waals surface area contributed by atoms with Gasteiger partial charge in [0.2, 0.25) is 0 Å². The summed E-state index contributed by atoms with van der Waals surface area (Å²) in [5.74, 6) is 1.41. The summed E-state index contributed by atoms with van der Waals surface area (Å²) in [5.41, 5.74) is 10.0. The number of hydrogen-bond acceptors (Lipinski definition) is 4. The lowest BCUT2D eigenvalue weighted by Crippen LogP contribution is -2.03. The van der Waals surface area contributed by atoms with Gasteiger partial charge in [-0.05, 0) is 43.4 Å². The average molecular weight is 401 g/mol. The van der Waals surface area contributed by atoms with E-state index in [2.05, 4.69) is 35.3 Å². The summed E-state index contributed by atoms with van der Waals surface area (Å²) in [6.45, 7) is 2.70. The predicted octanol–water partition coefficient (Wildman–Crippen LogP) is 5.74. The number of fused-ring (bicyclic) bond motifs is 1. The number of benzene rings is 2. The van der Waals surface area contributed by atoms with Crippen molar-refractivity contribution < 1.29 is 9.47 Å². The summed E-state index contributed by atoms with van der Waals surface area (Å²) in [6.07, 6.45) is 7.50. The van der Waals surface area contributed by atoms with E-state index in [-0.39, 0.29) is 12.4 Å². The first kappa shape index (κ1) is 21.8. The zero-order valence-electron chi connectivity index (χ0n) is 16.6. The normalized spacial score (nSPS) is 10.5. The summed E-state index contributed by atoms with van der Waals surface area (Å²) in [4.78, 5) is 4.41. The van der Waals surface area contributed by atoms with Gasteiger partial charge in [-0.2, -0.15) is 0 Å². The lowest BCUT2D eigenvalue weighted by Gasteiger charge is -2.16. The van der Waals surface area contributed by atoms with Crippen molar-refractivity contribution >= 4 is 29.0 Å². The van der Waals surface area contributed by atoms with E-state index in [4.69, 9.17) is 15.2 Å². The molecule has 0 saturated carbocycles. The molecule has 0 atom stereocenters. The van der Waals surface area contributed by atoms with E-state index in [0.717, 1.165) is 41.5 Å². The number of aryl methyl sites for hydroxylation is 2. The number of methoxy groups -OCH3 is 1. The van der Waals surface area contributed by atoms with Crippen molar-refractivity contribution in [3.63, 3.8) is 0 Å². The highest BCUT2D eigenvalue weighted by Crippen LogP contribution is 2.40. The van der Waals surface area contributed by atoms with Crippen LogP contribution < -0.4 is 15.2 Å². The molecule has 0 saturated heterocycles. The maximum absolute atomic E-state index is 6.13. The minimum Gasteiger partial charge on any atom is -0.493 e. The van der Waals surface area contributed by atoms with Gasteiger partial charge >= 0.3 is 0 Å². The van der Waals surface area contributed by atoms with E-state index in [1.54, 1.807) is 19.4 Å². The summed E-state index contributed by atoms with van der Waals surface area (Å²) >= 11 is 0. The molecule has 150 valence electrons. The number of nitrogens with zero attached hydrogens (tertiary/aromatic N) is 1. The maximum atomic E-state index is 6.13. The van der Waals surface area contributed by atoms with Gasteiger partial charge in [-0.1, -0.05) is 43.2 Å². The number of ether oxygens (including phenoxy) is 2. The standard InChI is InChI=1S/C23H28N2O2.ClH/c1-17-13-14-25-22-19(24)16-20(26-2)23(21(17)22)27-15-9-4-3-6-10-18-11-7-5-8-12-18;/h5,7-8,11-14,16H,3-4,6,9-10,15,24H2,1-2H3;1H. The third-order valence-corrected chi connectivity index (χ3v) is 4.84. The fraction of sp³-hybridized carbons (Fsp3) is 0.348. The topological polar surface area (TPSA) is 57.4 Å². The number of pyridine rings is 1. The second-order valence-electron chi connectivity index (χ2n) is 6.85. The molecule has 2 N–H and O–H groups in total. The van der Waals surface area contributed by atoms with Crippen LogP contribution >= 0.6 is 12.4 Å². The van der Waals surface area contributed by atoms with Gasteiger partial charge in [0.25, 0.3) is 0 Å². The van der Waals surface area contributed by atoms with Crippen molar-refractivity contribution in [3.8, 4) is 11.5 Å². The molecule has 0 fully saturated rings. The molecule has 4 nitrogen and oxygen atoms in total. The Morgan fingerprint density at radius 3 is 2.50 bits per heavy atom. The van der Waals surface area contributed by atoms with Gasteiger partial charge in [-0.25, -0.2) is 0 Å². The van der Waals surface area contributed by atoms with E-state index in [0.29, 0.717) is 18.0 Å². The molecule has 0 aliphatic rings. The van der Waals surface area contributed by atoms with Crippen molar-refractivity contribution in [2.75, 3.05) is 19.5 Å². The van der Waals surface area contributed by atoms with Crippen molar-refractivity contribution in [2.24, 2.45) is 0 Å². The summed E-state index contributed by atoms with van der Waals surface area (Å²) in [6, 6.07) is 14.4. The zero-order chi connectivity index (χ0) is 19.1. The first-order valence-electron chi connectivity index (χ1n) is 9.59. The van der Waals surface area contributed by atoms with Crippen LogP contribution in [0.4, 0.5) is 5.69 Å². The highest BCUT2D eigenvalue weighted by Gasteiger charge is 2.15. The Labute approximate surface area is 173 Å². The molecule has 0 aliphatic heterocycles. The SMILES string of the molecule is COc1cc(N)c2nccc(C)c2c1OCCCCCCc1ccccc1.Cl. The number of unbranched alkanes of at least 4 members (excludes halogenated alkanes) is 3. The monoisotopic (exact) mass is 400 g/mol. The van der Waals surface area contributed by atoms with Crippen LogP contribution in [0, 0.1) is 6.92 Å². The Balaban J connectivity index is 0.00000280. The number of hydrogen-bond donors (Lipinski definition) is 1. The van der Waals surface area contributed by atoms with Crippen LogP contribution in [0.25, 0.3) is 10.9 Å². The number of aromatic nitrogens is 1. The summed E-state index contributed by atoms with van der Waals surface area (Å²) in [7, 11) is 1.64. The minimum atomic E-state index is 0. The summed E-state index contributed by atoms with van der Waals surface area (Å²) < 4.78 is 11.6. The second kappa shape index (κ2) is 10.8. The molecular formula is C23H29ClN2O2. The molecule has 0 aliphatic carbocycles. The number of rotatable bonds is 9. The lowest BCUT2D eigenvalue weighted by atomic mass is 10.1. The van der Waals surface area contributed by atoms with Crippen LogP contribution in [0.3, 0.4) is 0 Å². The first-order chi connectivity index (χ1) is 13.2. The Kier molecular flexibility index (Phi) is 8.40. The maximum Gasteiger partial charge on any atom is 0.170 e. The lowest BCUT2D eigenvalue weighted by molar-refractivity contribution is 0.288. The molecule has 1 aromatic heterocycles. The van der Waals surface area contributed by atoms with Gasteiger partial charge in [0, 0.05) is 12.3 Å². The molecule has 0 spiro atoms. The molecule has 0 radical (unpaired) electrons. The van der Waals surface area contributed by atoms with Crippen molar-refractivity contribution in [2.45, 2.75) is 39.0 Å². The molecule has 0 amide bonds. The number of anilines is 1. The van der Waals surface area contributed by atoms with Crippen LogP contribution in [-0.4, -0.2) is 18.7 Å². The highest BCUT2D eigenvalue weighted by atomic mass is 35.5. The second-order valence-corrected chi connectivity index (χ2v) is 6.85. The predicted molar refractivity (Wildman–Crippen MR) is 119 cm³/mol. The average Bonchev–Trinajstić information content (AvgIpc) is 2.69. The molecule has 0 unspecified atom stereocenters. The van der Waals surface area contributed by atoms with E-state index < -0.39 is 0 Å². The van der Waals surface area contributed by atoms with Gasteiger partial charge in [0.1, 0.15) is 0 Å². The van der Waals surface area contributed by atoms with E-state index in [9.17, 15) is 0 Å². The van der Waals surface area contributed by atoms with Crippen molar-refractivity contribution in [3.05, 3.63) is 59.8 Å².